The summed E-state index contributed by atoms with van der Waals surface area (Å²) in [5.74, 6) is 0.278. The Morgan fingerprint density at radius 2 is 2.08 bits per heavy atom. The minimum atomic E-state index is 0. The van der Waals surface area contributed by atoms with Crippen molar-refractivity contribution in [2.45, 2.75) is 51.2 Å². The van der Waals surface area contributed by atoms with Gasteiger partial charge in [0.25, 0.3) is 0 Å². The van der Waals surface area contributed by atoms with E-state index in [1.165, 1.54) is 12.0 Å². The van der Waals surface area contributed by atoms with Gasteiger partial charge in [-0.15, -0.1) is 12.4 Å². The smallest absolute Gasteiger partial charge is 0.237 e. The molecule has 0 aromatic carbocycles. The van der Waals surface area contributed by atoms with Crippen molar-refractivity contribution in [2.24, 2.45) is 0 Å². The molecule has 3 rings (SSSR count). The van der Waals surface area contributed by atoms with Crippen LogP contribution in [-0.4, -0.2) is 59.0 Å². The summed E-state index contributed by atoms with van der Waals surface area (Å²) in [6.07, 6.45) is 7.21. The number of carbonyl (C=O) groups is 1. The molecule has 5 nitrogen and oxygen atoms in total. The highest BCUT2D eigenvalue weighted by molar-refractivity contribution is 5.85. The first-order chi connectivity index (χ1) is 11.2. The van der Waals surface area contributed by atoms with E-state index in [4.69, 9.17) is 0 Å². The van der Waals surface area contributed by atoms with E-state index in [1.54, 1.807) is 6.20 Å². The first-order valence-electron chi connectivity index (χ1n) is 8.82. The molecule has 134 valence electrons. The molecule has 0 aliphatic carbocycles. The lowest BCUT2D eigenvalue weighted by molar-refractivity contribution is -0.139. The van der Waals surface area contributed by atoms with E-state index in [9.17, 15) is 4.79 Å². The number of pyridine rings is 1. The van der Waals surface area contributed by atoms with Crippen LogP contribution in [0.4, 0.5) is 0 Å². The first kappa shape index (κ1) is 19.2. The summed E-state index contributed by atoms with van der Waals surface area (Å²) in [6, 6.07) is 5.04. The third-order valence-corrected chi connectivity index (χ3v) is 5.24. The molecule has 3 unspecified atom stereocenters. The molecule has 0 spiro atoms. The van der Waals surface area contributed by atoms with Gasteiger partial charge in [0.05, 0.1) is 6.54 Å². The summed E-state index contributed by atoms with van der Waals surface area (Å²) in [5.41, 5.74) is 1.19. The molecular formula is C18H29ClN4O. The Hall–Kier alpha value is -1.17. The summed E-state index contributed by atoms with van der Waals surface area (Å²) in [5, 5.41) is 3.44. The maximum absolute atomic E-state index is 12.9. The number of rotatable bonds is 3. The van der Waals surface area contributed by atoms with Crippen LogP contribution < -0.4 is 5.32 Å². The topological polar surface area (TPSA) is 48.5 Å². The normalized spacial score (nSPS) is 28.2. The van der Waals surface area contributed by atoms with E-state index in [-0.39, 0.29) is 24.4 Å². The quantitative estimate of drug-likeness (QED) is 0.906. The molecule has 1 aromatic heterocycles. The highest BCUT2D eigenvalue weighted by Crippen LogP contribution is 2.25. The molecule has 2 aliphatic heterocycles. The molecule has 0 bridgehead atoms. The van der Waals surface area contributed by atoms with Crippen molar-refractivity contribution in [2.75, 3.05) is 26.2 Å². The van der Waals surface area contributed by atoms with Gasteiger partial charge >= 0.3 is 0 Å². The summed E-state index contributed by atoms with van der Waals surface area (Å²) in [4.78, 5) is 21.6. The molecule has 0 radical (unpaired) electrons. The lowest BCUT2D eigenvalue weighted by atomic mass is 9.97. The van der Waals surface area contributed by atoms with Crippen LogP contribution in [0.3, 0.4) is 0 Å². The van der Waals surface area contributed by atoms with Gasteiger partial charge in [0, 0.05) is 50.2 Å². The average molecular weight is 353 g/mol. The largest absolute Gasteiger partial charge is 0.336 e. The van der Waals surface area contributed by atoms with Crippen LogP contribution in [-0.2, 0) is 4.79 Å². The molecule has 2 aliphatic rings. The summed E-state index contributed by atoms with van der Waals surface area (Å²) >= 11 is 0. The second-order valence-electron chi connectivity index (χ2n) is 6.91. The second kappa shape index (κ2) is 8.79. The number of hydrogen-bond acceptors (Lipinski definition) is 4. The Bertz CT molecular complexity index is 517. The van der Waals surface area contributed by atoms with Crippen LogP contribution in [0.2, 0.25) is 0 Å². The highest BCUT2D eigenvalue weighted by Gasteiger charge is 2.32. The van der Waals surface area contributed by atoms with Crippen LogP contribution in [0.25, 0.3) is 0 Å². The fourth-order valence-electron chi connectivity index (χ4n) is 4.01. The molecule has 1 aromatic rings. The highest BCUT2D eigenvalue weighted by atomic mass is 35.5. The fraction of sp³-hybridized carbons (Fsp3) is 0.667. The Labute approximate surface area is 151 Å². The van der Waals surface area contributed by atoms with E-state index in [0.29, 0.717) is 18.6 Å². The monoisotopic (exact) mass is 352 g/mol. The van der Waals surface area contributed by atoms with Crippen molar-refractivity contribution in [1.29, 1.82) is 0 Å². The molecule has 2 fully saturated rings. The van der Waals surface area contributed by atoms with E-state index >= 15 is 0 Å². The number of nitrogens with zero attached hydrogens (tertiary/aromatic N) is 3. The van der Waals surface area contributed by atoms with E-state index in [1.807, 2.05) is 12.3 Å². The Balaban J connectivity index is 0.00000208. The second-order valence-corrected chi connectivity index (χ2v) is 6.91. The first-order valence-corrected chi connectivity index (χ1v) is 8.82. The third kappa shape index (κ3) is 4.26. The number of piperazine rings is 1. The summed E-state index contributed by atoms with van der Waals surface area (Å²) in [7, 11) is 0. The Kier molecular flexibility index (Phi) is 7.02. The van der Waals surface area contributed by atoms with Gasteiger partial charge < -0.3 is 10.2 Å². The predicted octanol–water partition coefficient (Wildman–Crippen LogP) is 2.24. The van der Waals surface area contributed by atoms with Gasteiger partial charge in [-0.05, 0) is 44.7 Å². The maximum atomic E-state index is 12.9. The lowest BCUT2D eigenvalue weighted by Crippen LogP contribution is -2.54. The van der Waals surface area contributed by atoms with Gasteiger partial charge in [-0.2, -0.15) is 0 Å². The fourth-order valence-corrected chi connectivity index (χ4v) is 4.01. The van der Waals surface area contributed by atoms with Crippen molar-refractivity contribution in [3.05, 3.63) is 30.1 Å². The van der Waals surface area contributed by atoms with Crippen LogP contribution in [0, 0.1) is 0 Å². The molecule has 3 heterocycles. The molecule has 2 saturated heterocycles. The van der Waals surface area contributed by atoms with E-state index < -0.39 is 0 Å². The number of carbonyl (C=O) groups excluding carboxylic acids is 1. The van der Waals surface area contributed by atoms with E-state index in [2.05, 4.69) is 40.0 Å². The minimum Gasteiger partial charge on any atom is -0.336 e. The zero-order valence-corrected chi connectivity index (χ0v) is 15.5. The molecule has 1 N–H and O–H groups in total. The molecule has 3 atom stereocenters. The molecule has 1 amide bonds. The molecule has 0 saturated carbocycles. The number of hydrogen-bond donors (Lipinski definition) is 1. The van der Waals surface area contributed by atoms with Crippen molar-refractivity contribution in [1.82, 2.24) is 20.1 Å². The standard InChI is InChI=1S/C18H28N4O.ClH/c1-14-5-3-6-15(2)22(14)18(23)13-21-10-9-20-12-17(21)16-7-4-8-19-11-16;/h4,7-8,11,14-15,17,20H,3,5-6,9-10,12-13H2,1-2H3;1H. The van der Waals surface area contributed by atoms with Crippen molar-refractivity contribution in [3.63, 3.8) is 0 Å². The molecule has 6 heteroatoms. The van der Waals surface area contributed by atoms with Gasteiger partial charge in [-0.1, -0.05) is 6.07 Å². The number of amides is 1. The number of halogens is 1. The summed E-state index contributed by atoms with van der Waals surface area (Å²) in [6.45, 7) is 7.60. The van der Waals surface area contributed by atoms with Gasteiger partial charge in [-0.3, -0.25) is 14.7 Å². The number of nitrogens with one attached hydrogen (secondary N) is 1. The third-order valence-electron chi connectivity index (χ3n) is 5.24. The number of likely N-dealkylation sites (tertiary alicyclic amines) is 1. The average Bonchev–Trinajstić information content (AvgIpc) is 2.56. The minimum absolute atomic E-state index is 0. The van der Waals surface area contributed by atoms with Gasteiger partial charge in [0.15, 0.2) is 0 Å². The van der Waals surface area contributed by atoms with Crippen LogP contribution >= 0.6 is 12.4 Å². The Morgan fingerprint density at radius 3 is 2.75 bits per heavy atom. The van der Waals surface area contributed by atoms with Crippen LogP contribution in [0.5, 0.6) is 0 Å². The lowest BCUT2D eigenvalue weighted by Gasteiger charge is -2.42. The van der Waals surface area contributed by atoms with Gasteiger partial charge in [0.2, 0.25) is 5.91 Å². The van der Waals surface area contributed by atoms with Gasteiger partial charge in [-0.25, -0.2) is 0 Å². The Morgan fingerprint density at radius 1 is 1.33 bits per heavy atom. The number of aromatic nitrogens is 1. The van der Waals surface area contributed by atoms with Crippen molar-refractivity contribution in [3.8, 4) is 0 Å². The molecular weight excluding hydrogens is 324 g/mol. The zero-order valence-electron chi connectivity index (χ0n) is 14.6. The predicted molar refractivity (Wildman–Crippen MR) is 98.3 cm³/mol. The van der Waals surface area contributed by atoms with Crippen molar-refractivity contribution < 1.29 is 4.79 Å². The number of piperidine rings is 1. The van der Waals surface area contributed by atoms with Crippen molar-refractivity contribution >= 4 is 18.3 Å². The SMILES string of the molecule is CC1CCCC(C)N1C(=O)CN1CCNCC1c1cccnc1.Cl. The van der Waals surface area contributed by atoms with Crippen LogP contribution in [0.1, 0.15) is 44.7 Å². The van der Waals surface area contributed by atoms with Gasteiger partial charge in [0.1, 0.15) is 0 Å². The maximum Gasteiger partial charge on any atom is 0.237 e. The van der Waals surface area contributed by atoms with E-state index in [0.717, 1.165) is 32.5 Å². The van der Waals surface area contributed by atoms with Crippen LogP contribution in [0.15, 0.2) is 24.5 Å². The summed E-state index contributed by atoms with van der Waals surface area (Å²) < 4.78 is 0. The zero-order chi connectivity index (χ0) is 16.2. The molecule has 24 heavy (non-hydrogen) atoms.